The van der Waals surface area contributed by atoms with E-state index in [0.717, 1.165) is 32.0 Å². The summed E-state index contributed by atoms with van der Waals surface area (Å²) in [5.41, 5.74) is 0. The molecule has 2 fully saturated rings. The normalized spacial score (nSPS) is 33.1. The van der Waals surface area contributed by atoms with Crippen molar-refractivity contribution < 1.29 is 8.78 Å². The fraction of sp³-hybridized carbons (Fsp3) is 0.733. The lowest BCUT2D eigenvalue weighted by Gasteiger charge is -2.38. The second-order valence-electron chi connectivity index (χ2n) is 6.52. The maximum atomic E-state index is 13.8. The number of likely N-dealkylation sites (tertiary alicyclic amines) is 1. The zero-order valence-electron chi connectivity index (χ0n) is 12.6. The highest BCUT2D eigenvalue weighted by atomic mass is 35.5. The van der Waals surface area contributed by atoms with E-state index in [-0.39, 0.29) is 17.1 Å². The molecule has 22 heavy (non-hydrogen) atoms. The van der Waals surface area contributed by atoms with Crippen LogP contribution in [0.2, 0.25) is 5.28 Å². The van der Waals surface area contributed by atoms with Gasteiger partial charge in [-0.3, -0.25) is 4.90 Å². The predicted molar refractivity (Wildman–Crippen MR) is 82.3 cm³/mol. The predicted octanol–water partition coefficient (Wildman–Crippen LogP) is 3.28. The van der Waals surface area contributed by atoms with E-state index < -0.39 is 12.0 Å². The van der Waals surface area contributed by atoms with Crippen LogP contribution in [0.4, 0.5) is 14.6 Å². The zero-order valence-corrected chi connectivity index (χ0v) is 13.4. The molecular formula is C15H21ClF2N4. The van der Waals surface area contributed by atoms with Crippen LogP contribution in [0.1, 0.15) is 32.6 Å². The SMILES string of the molecule is CC1CC(Nc2nc(Cl)ncc2F)CC(N2CC[C@H](F)C2)C1. The molecule has 1 aromatic rings. The Hall–Kier alpha value is -1.01. The Labute approximate surface area is 134 Å². The third kappa shape index (κ3) is 3.66. The number of halogens is 3. The Morgan fingerprint density at radius 1 is 1.36 bits per heavy atom. The molecule has 3 rings (SSSR count). The van der Waals surface area contributed by atoms with E-state index in [1.165, 1.54) is 0 Å². The van der Waals surface area contributed by atoms with E-state index in [9.17, 15) is 8.78 Å². The number of nitrogens with one attached hydrogen (secondary N) is 1. The van der Waals surface area contributed by atoms with Crippen LogP contribution in [0.15, 0.2) is 6.20 Å². The molecule has 1 saturated heterocycles. The second-order valence-corrected chi connectivity index (χ2v) is 6.86. The van der Waals surface area contributed by atoms with Gasteiger partial charge < -0.3 is 5.32 Å². The van der Waals surface area contributed by atoms with Crippen molar-refractivity contribution in [2.75, 3.05) is 18.4 Å². The fourth-order valence-electron chi connectivity index (χ4n) is 3.70. The van der Waals surface area contributed by atoms with E-state index in [1.54, 1.807) is 0 Å². The highest BCUT2D eigenvalue weighted by Gasteiger charge is 2.34. The first-order chi connectivity index (χ1) is 10.5. The topological polar surface area (TPSA) is 41.1 Å². The van der Waals surface area contributed by atoms with Crippen molar-refractivity contribution in [2.24, 2.45) is 5.92 Å². The van der Waals surface area contributed by atoms with Crippen molar-refractivity contribution in [1.29, 1.82) is 0 Å². The zero-order chi connectivity index (χ0) is 15.7. The maximum absolute atomic E-state index is 13.8. The summed E-state index contributed by atoms with van der Waals surface area (Å²) >= 11 is 5.73. The molecule has 2 aliphatic rings. The van der Waals surface area contributed by atoms with Crippen LogP contribution in [0.3, 0.4) is 0 Å². The van der Waals surface area contributed by atoms with Gasteiger partial charge in [-0.15, -0.1) is 0 Å². The molecule has 0 spiro atoms. The summed E-state index contributed by atoms with van der Waals surface area (Å²) in [6.07, 6.45) is 3.89. The van der Waals surface area contributed by atoms with Gasteiger partial charge in [-0.2, -0.15) is 4.98 Å². The molecule has 2 heterocycles. The van der Waals surface area contributed by atoms with E-state index in [0.29, 0.717) is 24.9 Å². The first-order valence-corrected chi connectivity index (χ1v) is 8.21. The minimum Gasteiger partial charge on any atom is -0.365 e. The van der Waals surface area contributed by atoms with Crippen LogP contribution < -0.4 is 5.32 Å². The van der Waals surface area contributed by atoms with Gasteiger partial charge in [-0.1, -0.05) is 6.92 Å². The third-order valence-corrected chi connectivity index (χ3v) is 4.83. The van der Waals surface area contributed by atoms with Crippen LogP contribution in [-0.2, 0) is 0 Å². The first kappa shape index (κ1) is 15.9. The van der Waals surface area contributed by atoms with Crippen molar-refractivity contribution in [3.63, 3.8) is 0 Å². The lowest BCUT2D eigenvalue weighted by molar-refractivity contribution is 0.146. The van der Waals surface area contributed by atoms with Crippen LogP contribution in [0, 0.1) is 11.7 Å². The minimum absolute atomic E-state index is 0.0316. The standard InChI is InChI=1S/C15H21ClF2N4/c1-9-4-11(20-14-13(18)7-19-15(16)21-14)6-12(5-9)22-3-2-10(17)8-22/h7,9-12H,2-6,8H2,1H3,(H,19,20,21)/t9?,10-,11?,12?/m0/s1. The van der Waals surface area contributed by atoms with Gasteiger partial charge in [-0.05, 0) is 43.2 Å². The molecule has 4 nitrogen and oxygen atoms in total. The van der Waals surface area contributed by atoms with Gasteiger partial charge in [0.05, 0.1) is 6.20 Å². The van der Waals surface area contributed by atoms with Gasteiger partial charge >= 0.3 is 0 Å². The largest absolute Gasteiger partial charge is 0.365 e. The summed E-state index contributed by atoms with van der Waals surface area (Å²) in [6, 6.07) is 0.468. The molecule has 0 amide bonds. The Morgan fingerprint density at radius 3 is 2.91 bits per heavy atom. The lowest BCUT2D eigenvalue weighted by Crippen LogP contribution is -2.43. The summed E-state index contributed by atoms with van der Waals surface area (Å²) in [4.78, 5) is 9.78. The third-order valence-electron chi connectivity index (χ3n) is 4.65. The van der Waals surface area contributed by atoms with Crippen molar-refractivity contribution >= 4 is 17.4 Å². The van der Waals surface area contributed by atoms with Gasteiger partial charge in [0.15, 0.2) is 11.6 Å². The molecule has 7 heteroatoms. The smallest absolute Gasteiger partial charge is 0.224 e. The van der Waals surface area contributed by atoms with Crippen LogP contribution in [0.5, 0.6) is 0 Å². The number of rotatable bonds is 3. The van der Waals surface area contributed by atoms with Gasteiger partial charge in [0, 0.05) is 25.2 Å². The van der Waals surface area contributed by atoms with Gasteiger partial charge in [0.25, 0.3) is 0 Å². The van der Waals surface area contributed by atoms with E-state index >= 15 is 0 Å². The molecular weight excluding hydrogens is 310 g/mol. The first-order valence-electron chi connectivity index (χ1n) is 7.84. The Balaban J connectivity index is 1.67. The minimum atomic E-state index is -0.707. The number of nitrogens with zero attached hydrogens (tertiary/aromatic N) is 3. The highest BCUT2D eigenvalue weighted by Crippen LogP contribution is 2.32. The molecule has 122 valence electrons. The molecule has 4 atom stereocenters. The van der Waals surface area contributed by atoms with Gasteiger partial charge in [-0.25, -0.2) is 13.8 Å². The van der Waals surface area contributed by atoms with Crippen molar-refractivity contribution in [3.8, 4) is 0 Å². The van der Waals surface area contributed by atoms with Crippen molar-refractivity contribution in [2.45, 2.75) is 50.9 Å². The van der Waals surface area contributed by atoms with E-state index in [4.69, 9.17) is 11.6 Å². The van der Waals surface area contributed by atoms with E-state index in [1.807, 2.05) is 0 Å². The fourth-order valence-corrected chi connectivity index (χ4v) is 3.83. The average Bonchev–Trinajstić information content (AvgIpc) is 2.89. The summed E-state index contributed by atoms with van der Waals surface area (Å²) in [5.74, 6) is 0.169. The quantitative estimate of drug-likeness (QED) is 0.864. The molecule has 1 N–H and O–H groups in total. The summed E-state index contributed by atoms with van der Waals surface area (Å²) in [7, 11) is 0. The van der Waals surface area contributed by atoms with E-state index in [2.05, 4.69) is 27.1 Å². The molecule has 3 unspecified atom stereocenters. The van der Waals surface area contributed by atoms with Crippen molar-refractivity contribution in [1.82, 2.24) is 14.9 Å². The Bertz CT molecular complexity index is 530. The number of anilines is 1. The van der Waals surface area contributed by atoms with Crippen LogP contribution in [0.25, 0.3) is 0 Å². The number of hydrogen-bond acceptors (Lipinski definition) is 4. The molecule has 0 aromatic carbocycles. The maximum Gasteiger partial charge on any atom is 0.224 e. The number of alkyl halides is 1. The average molecular weight is 331 g/mol. The Kier molecular flexibility index (Phi) is 4.78. The second kappa shape index (κ2) is 6.62. The molecule has 1 aromatic heterocycles. The summed E-state index contributed by atoms with van der Waals surface area (Å²) in [6.45, 7) is 3.53. The summed E-state index contributed by atoms with van der Waals surface area (Å²) in [5, 5.41) is 3.19. The molecule has 0 bridgehead atoms. The molecule has 1 aliphatic carbocycles. The monoisotopic (exact) mass is 330 g/mol. The molecule has 1 aliphatic heterocycles. The van der Waals surface area contributed by atoms with Gasteiger partial charge in [0.2, 0.25) is 5.28 Å². The highest BCUT2D eigenvalue weighted by molar-refractivity contribution is 6.28. The number of aromatic nitrogens is 2. The molecule has 0 radical (unpaired) electrons. The molecule has 1 saturated carbocycles. The van der Waals surface area contributed by atoms with Crippen LogP contribution in [-0.4, -0.2) is 46.2 Å². The van der Waals surface area contributed by atoms with Gasteiger partial charge in [0.1, 0.15) is 6.17 Å². The lowest BCUT2D eigenvalue weighted by atomic mass is 9.83. The number of hydrogen-bond donors (Lipinski definition) is 1. The summed E-state index contributed by atoms with van der Waals surface area (Å²) < 4.78 is 27.2. The van der Waals surface area contributed by atoms with Crippen molar-refractivity contribution in [3.05, 3.63) is 17.3 Å². The Morgan fingerprint density at radius 2 is 2.18 bits per heavy atom. The van der Waals surface area contributed by atoms with Crippen LogP contribution >= 0.6 is 11.6 Å².